The van der Waals surface area contributed by atoms with Gasteiger partial charge in [0, 0.05) is 38.4 Å². The summed E-state index contributed by atoms with van der Waals surface area (Å²) < 4.78 is 26.9. The quantitative estimate of drug-likeness (QED) is 0.553. The van der Waals surface area contributed by atoms with Crippen molar-refractivity contribution in [3.05, 3.63) is 18.3 Å². The molecule has 1 N–H and O–H groups in total. The number of carbonyl (C=O) groups is 1. The number of sulfonamides is 1. The molecule has 2 aliphatic rings. The molecule has 1 aliphatic carbocycles. The molecule has 1 aliphatic heterocycles. The van der Waals surface area contributed by atoms with E-state index in [0.717, 1.165) is 25.9 Å². The van der Waals surface area contributed by atoms with E-state index in [1.54, 1.807) is 12.1 Å². The number of thioether (sulfide) groups is 1. The van der Waals surface area contributed by atoms with Crippen LogP contribution >= 0.6 is 11.8 Å². The average Bonchev–Trinajstić information content (AvgIpc) is 2.96. The summed E-state index contributed by atoms with van der Waals surface area (Å²) in [6, 6.07) is 3.57. The Morgan fingerprint density at radius 1 is 1.14 bits per heavy atom. The van der Waals surface area contributed by atoms with Crippen LogP contribution in [-0.4, -0.2) is 73.5 Å². The van der Waals surface area contributed by atoms with Crippen LogP contribution in [0, 0.1) is 0 Å². The smallest absolute Gasteiger partial charge is 0.244 e. The first-order valence-corrected chi connectivity index (χ1v) is 12.4. The number of carbonyl (C=O) groups excluding carboxylic acids is 1. The molecule has 0 radical (unpaired) electrons. The molecule has 2 heterocycles. The van der Waals surface area contributed by atoms with Gasteiger partial charge in [0.1, 0.15) is 4.90 Å². The van der Waals surface area contributed by atoms with Crippen LogP contribution in [0.4, 0.5) is 0 Å². The summed E-state index contributed by atoms with van der Waals surface area (Å²) in [6.45, 7) is 2.46. The second-order valence-corrected chi connectivity index (χ2v) is 10.5. The molecule has 0 atom stereocenters. The Kier molecular flexibility index (Phi) is 7.73. The molecule has 1 saturated heterocycles. The summed E-state index contributed by atoms with van der Waals surface area (Å²) in [6.07, 6.45) is 8.41. The Labute approximate surface area is 172 Å². The van der Waals surface area contributed by atoms with Gasteiger partial charge in [-0.1, -0.05) is 37.4 Å². The van der Waals surface area contributed by atoms with E-state index in [1.807, 2.05) is 7.05 Å². The summed E-state index contributed by atoms with van der Waals surface area (Å²) in [4.78, 5) is 18.8. The number of nitrogens with one attached hydrogen (secondary N) is 1. The van der Waals surface area contributed by atoms with Crippen molar-refractivity contribution in [2.45, 2.75) is 54.5 Å². The molecule has 0 bridgehead atoms. The minimum absolute atomic E-state index is 0.0211. The van der Waals surface area contributed by atoms with E-state index in [-0.39, 0.29) is 10.8 Å². The Morgan fingerprint density at radius 3 is 2.43 bits per heavy atom. The van der Waals surface area contributed by atoms with Crippen LogP contribution < -0.4 is 5.32 Å². The van der Waals surface area contributed by atoms with Gasteiger partial charge in [-0.05, 0) is 32.0 Å². The van der Waals surface area contributed by atoms with Gasteiger partial charge in [-0.3, -0.25) is 4.79 Å². The summed E-state index contributed by atoms with van der Waals surface area (Å²) in [5.41, 5.74) is 0. The minimum Gasteiger partial charge on any atom is -0.353 e. The molecule has 1 aromatic rings. The number of hydrogen-bond acceptors (Lipinski definition) is 6. The predicted molar refractivity (Wildman–Crippen MR) is 111 cm³/mol. The van der Waals surface area contributed by atoms with Crippen molar-refractivity contribution in [2.24, 2.45) is 0 Å². The van der Waals surface area contributed by atoms with E-state index < -0.39 is 10.0 Å². The third-order valence-electron chi connectivity index (χ3n) is 5.38. The normalized spacial score (nSPS) is 20.6. The maximum Gasteiger partial charge on any atom is 0.244 e. The lowest BCUT2D eigenvalue weighted by Gasteiger charge is -2.31. The molecular weight excluding hydrogens is 396 g/mol. The van der Waals surface area contributed by atoms with Crippen molar-refractivity contribution in [3.63, 3.8) is 0 Å². The lowest BCUT2D eigenvalue weighted by Crippen LogP contribution is -2.47. The van der Waals surface area contributed by atoms with Gasteiger partial charge in [0.2, 0.25) is 15.9 Å². The maximum atomic E-state index is 12.7. The average molecular weight is 427 g/mol. The highest BCUT2D eigenvalue weighted by atomic mass is 32.2. The van der Waals surface area contributed by atoms with Gasteiger partial charge in [-0.2, -0.15) is 4.31 Å². The third kappa shape index (κ3) is 5.92. The standard InChI is InChI=1S/C19H30N4O3S2/c1-22-10-12-23(13-11-22)28(25,26)17-8-9-19(20-14-17)27-15-18(24)21-16-6-4-2-3-5-7-16/h8-9,14,16H,2-7,10-13,15H2,1H3,(H,21,24). The van der Waals surface area contributed by atoms with Crippen LogP contribution in [0.5, 0.6) is 0 Å². The topological polar surface area (TPSA) is 82.6 Å². The van der Waals surface area contributed by atoms with Gasteiger partial charge in [-0.25, -0.2) is 13.4 Å². The first-order valence-electron chi connectivity index (χ1n) is 10.0. The highest BCUT2D eigenvalue weighted by Crippen LogP contribution is 2.21. The van der Waals surface area contributed by atoms with Gasteiger partial charge in [0.15, 0.2) is 0 Å². The highest BCUT2D eigenvalue weighted by Gasteiger charge is 2.27. The lowest BCUT2D eigenvalue weighted by atomic mass is 10.1. The number of pyridine rings is 1. The molecule has 7 nitrogen and oxygen atoms in total. The van der Waals surface area contributed by atoms with Crippen molar-refractivity contribution in [1.29, 1.82) is 0 Å². The van der Waals surface area contributed by atoms with E-state index in [1.165, 1.54) is 47.9 Å². The summed E-state index contributed by atoms with van der Waals surface area (Å²) in [5.74, 6) is 0.321. The zero-order valence-corrected chi connectivity index (χ0v) is 18.1. The first kappa shape index (κ1) is 21.5. The van der Waals surface area contributed by atoms with Crippen LogP contribution in [-0.2, 0) is 14.8 Å². The van der Waals surface area contributed by atoms with Gasteiger partial charge in [0.25, 0.3) is 0 Å². The third-order valence-corrected chi connectivity index (χ3v) is 8.21. The number of aromatic nitrogens is 1. The van der Waals surface area contributed by atoms with Crippen LogP contribution in [0.3, 0.4) is 0 Å². The van der Waals surface area contributed by atoms with E-state index in [9.17, 15) is 13.2 Å². The number of likely N-dealkylation sites (N-methyl/N-ethyl adjacent to an activating group) is 1. The van der Waals surface area contributed by atoms with Crippen LogP contribution in [0.1, 0.15) is 38.5 Å². The molecule has 1 aromatic heterocycles. The molecule has 9 heteroatoms. The van der Waals surface area contributed by atoms with E-state index >= 15 is 0 Å². The van der Waals surface area contributed by atoms with E-state index in [0.29, 0.717) is 29.9 Å². The molecule has 2 fully saturated rings. The summed E-state index contributed by atoms with van der Waals surface area (Å²) in [7, 11) is -1.51. The monoisotopic (exact) mass is 426 g/mol. The second-order valence-electron chi connectivity index (χ2n) is 7.58. The van der Waals surface area contributed by atoms with Gasteiger partial charge in [-0.15, -0.1) is 0 Å². The molecule has 0 spiro atoms. The molecule has 3 rings (SSSR count). The Balaban J connectivity index is 1.50. The Morgan fingerprint density at radius 2 is 1.82 bits per heavy atom. The van der Waals surface area contributed by atoms with Crippen molar-refractivity contribution in [1.82, 2.24) is 19.5 Å². The summed E-state index contributed by atoms with van der Waals surface area (Å²) in [5, 5.41) is 3.78. The largest absolute Gasteiger partial charge is 0.353 e. The highest BCUT2D eigenvalue weighted by molar-refractivity contribution is 7.99. The second kappa shape index (κ2) is 10.0. The van der Waals surface area contributed by atoms with Crippen LogP contribution in [0.15, 0.2) is 28.3 Å². The van der Waals surface area contributed by atoms with Gasteiger partial charge in [0.05, 0.1) is 10.8 Å². The van der Waals surface area contributed by atoms with E-state index in [4.69, 9.17) is 0 Å². The molecule has 1 amide bonds. The fraction of sp³-hybridized carbons (Fsp3) is 0.684. The van der Waals surface area contributed by atoms with Gasteiger partial charge >= 0.3 is 0 Å². The molecule has 1 saturated carbocycles. The van der Waals surface area contributed by atoms with Crippen molar-refractivity contribution in [2.75, 3.05) is 39.0 Å². The maximum absolute atomic E-state index is 12.7. The zero-order valence-electron chi connectivity index (χ0n) is 16.5. The van der Waals surface area contributed by atoms with Crippen molar-refractivity contribution < 1.29 is 13.2 Å². The lowest BCUT2D eigenvalue weighted by molar-refractivity contribution is -0.119. The minimum atomic E-state index is -3.50. The Hall–Kier alpha value is -1.16. The molecule has 0 unspecified atom stereocenters. The number of amides is 1. The number of rotatable bonds is 6. The fourth-order valence-electron chi connectivity index (χ4n) is 3.61. The fourth-order valence-corrected chi connectivity index (χ4v) is 5.64. The van der Waals surface area contributed by atoms with Crippen LogP contribution in [0.25, 0.3) is 0 Å². The summed E-state index contributed by atoms with van der Waals surface area (Å²) >= 11 is 1.34. The van der Waals surface area contributed by atoms with Crippen molar-refractivity contribution >= 4 is 27.7 Å². The zero-order chi connectivity index (χ0) is 20.0. The molecule has 28 heavy (non-hydrogen) atoms. The first-order chi connectivity index (χ1) is 13.4. The van der Waals surface area contributed by atoms with Gasteiger partial charge < -0.3 is 10.2 Å². The number of hydrogen-bond donors (Lipinski definition) is 1. The van der Waals surface area contributed by atoms with Crippen LogP contribution in [0.2, 0.25) is 0 Å². The molecule has 0 aromatic carbocycles. The van der Waals surface area contributed by atoms with E-state index in [2.05, 4.69) is 15.2 Å². The molecular formula is C19H30N4O3S2. The number of piperazine rings is 1. The Bertz CT molecular complexity index is 739. The SMILES string of the molecule is CN1CCN(S(=O)(=O)c2ccc(SCC(=O)NC3CCCCCC3)nc2)CC1. The van der Waals surface area contributed by atoms with Crippen molar-refractivity contribution in [3.8, 4) is 0 Å². The number of nitrogens with zero attached hydrogens (tertiary/aromatic N) is 3. The predicted octanol–water partition coefficient (Wildman–Crippen LogP) is 1.95. The molecule has 156 valence electrons.